The number of benzene rings is 2. The molecule has 3 aromatic rings. The van der Waals surface area contributed by atoms with E-state index in [-0.39, 0.29) is 11.4 Å². The normalized spacial score (nSPS) is 10.9. The number of non-ortho nitro benzene ring substituents is 1. The van der Waals surface area contributed by atoms with Crippen molar-refractivity contribution >= 4 is 44.3 Å². The largest absolute Gasteiger partial charge is 0.507 e. The Morgan fingerprint density at radius 1 is 1.28 bits per heavy atom. The molecular weight excluding hydrogens is 408 g/mol. The lowest BCUT2D eigenvalue weighted by molar-refractivity contribution is -0.384. The highest BCUT2D eigenvalue weighted by atomic mass is 79.9. The number of rotatable bonds is 5. The Morgan fingerprint density at radius 3 is 2.76 bits per heavy atom. The Kier molecular flexibility index (Phi) is 5.05. The van der Waals surface area contributed by atoms with Crippen LogP contribution in [0, 0.1) is 10.1 Å². The Morgan fingerprint density at radius 2 is 2.04 bits per heavy atom. The molecule has 25 heavy (non-hydrogen) atoms. The van der Waals surface area contributed by atoms with E-state index in [1.807, 2.05) is 5.38 Å². The van der Waals surface area contributed by atoms with Crippen LogP contribution in [0.2, 0.25) is 0 Å². The van der Waals surface area contributed by atoms with Gasteiger partial charge in [0.25, 0.3) is 5.69 Å². The Hall–Kier alpha value is -2.78. The van der Waals surface area contributed by atoms with Gasteiger partial charge in [-0.3, -0.25) is 15.5 Å². The molecule has 0 fully saturated rings. The lowest BCUT2D eigenvalue weighted by Gasteiger charge is -1.99. The zero-order valence-electron chi connectivity index (χ0n) is 12.6. The molecule has 0 aliphatic heterocycles. The Balaban J connectivity index is 1.70. The summed E-state index contributed by atoms with van der Waals surface area (Å²) in [5, 5.41) is 26.9. The van der Waals surface area contributed by atoms with Gasteiger partial charge in [0.05, 0.1) is 16.8 Å². The lowest BCUT2D eigenvalue weighted by Crippen LogP contribution is -1.91. The third kappa shape index (κ3) is 4.20. The van der Waals surface area contributed by atoms with E-state index in [9.17, 15) is 15.2 Å². The molecule has 3 rings (SSSR count). The lowest BCUT2D eigenvalue weighted by atomic mass is 10.1. The fourth-order valence-electron chi connectivity index (χ4n) is 2.00. The number of phenols is 1. The summed E-state index contributed by atoms with van der Waals surface area (Å²) in [5.41, 5.74) is 4.88. The highest BCUT2D eigenvalue weighted by Crippen LogP contribution is 2.26. The SMILES string of the molecule is O=[N+]([O-])c1ccc(-c2csc(N/N=C/c3cc(Br)ccc3O)n2)cc1. The van der Waals surface area contributed by atoms with Crippen LogP contribution in [0.3, 0.4) is 0 Å². The van der Waals surface area contributed by atoms with Crippen LogP contribution < -0.4 is 5.43 Å². The molecule has 1 aromatic heterocycles. The molecular formula is C16H11BrN4O3S. The van der Waals surface area contributed by atoms with Crippen LogP contribution in [0.1, 0.15) is 5.56 Å². The molecule has 0 bridgehead atoms. The number of aromatic hydroxyl groups is 1. The highest BCUT2D eigenvalue weighted by molar-refractivity contribution is 9.10. The maximum Gasteiger partial charge on any atom is 0.269 e. The molecule has 9 heteroatoms. The second-order valence-corrected chi connectivity index (χ2v) is 6.69. The molecule has 7 nitrogen and oxygen atoms in total. The number of nitro groups is 1. The van der Waals surface area contributed by atoms with Crippen molar-refractivity contribution in [3.8, 4) is 17.0 Å². The summed E-state index contributed by atoms with van der Waals surface area (Å²) >= 11 is 4.69. The molecule has 1 heterocycles. The summed E-state index contributed by atoms with van der Waals surface area (Å²) in [5.74, 6) is 0.124. The monoisotopic (exact) mass is 418 g/mol. The summed E-state index contributed by atoms with van der Waals surface area (Å²) in [4.78, 5) is 14.6. The second kappa shape index (κ2) is 7.41. The van der Waals surface area contributed by atoms with Crippen LogP contribution in [-0.4, -0.2) is 21.2 Å². The van der Waals surface area contributed by atoms with Crippen molar-refractivity contribution in [2.24, 2.45) is 5.10 Å². The van der Waals surface area contributed by atoms with E-state index in [0.717, 1.165) is 10.0 Å². The smallest absolute Gasteiger partial charge is 0.269 e. The maximum atomic E-state index is 10.7. The Bertz CT molecular complexity index is 941. The van der Waals surface area contributed by atoms with E-state index in [4.69, 9.17) is 0 Å². The maximum absolute atomic E-state index is 10.7. The number of hydrazone groups is 1. The Labute approximate surface area is 155 Å². The fraction of sp³-hybridized carbons (Fsp3) is 0. The summed E-state index contributed by atoms with van der Waals surface area (Å²) < 4.78 is 0.835. The van der Waals surface area contributed by atoms with Crippen LogP contribution in [-0.2, 0) is 0 Å². The molecule has 0 amide bonds. The van der Waals surface area contributed by atoms with Crippen molar-refractivity contribution in [1.29, 1.82) is 0 Å². The summed E-state index contributed by atoms with van der Waals surface area (Å²) in [6, 6.07) is 11.2. The van der Waals surface area contributed by atoms with Gasteiger partial charge in [0.1, 0.15) is 5.75 Å². The van der Waals surface area contributed by atoms with Gasteiger partial charge < -0.3 is 5.11 Å². The third-order valence-corrected chi connectivity index (χ3v) is 4.47. The number of nitrogens with one attached hydrogen (secondary N) is 1. The van der Waals surface area contributed by atoms with Crippen molar-refractivity contribution < 1.29 is 10.0 Å². The van der Waals surface area contributed by atoms with Gasteiger partial charge in [-0.25, -0.2) is 4.98 Å². The van der Waals surface area contributed by atoms with E-state index in [1.165, 1.54) is 29.7 Å². The number of thiazole rings is 1. The summed E-state index contributed by atoms with van der Waals surface area (Å²) in [6.45, 7) is 0. The number of phenolic OH excluding ortho intramolecular Hbond substituents is 1. The molecule has 2 N–H and O–H groups in total. The first-order valence-corrected chi connectivity index (χ1v) is 8.68. The minimum atomic E-state index is -0.441. The summed E-state index contributed by atoms with van der Waals surface area (Å²) in [7, 11) is 0. The fourth-order valence-corrected chi connectivity index (χ4v) is 3.04. The molecule has 0 atom stereocenters. The number of nitrogens with zero attached hydrogens (tertiary/aromatic N) is 3. The predicted octanol–water partition coefficient (Wildman–Crippen LogP) is 4.63. The van der Waals surface area contributed by atoms with Gasteiger partial charge in [-0.2, -0.15) is 5.10 Å². The summed E-state index contributed by atoms with van der Waals surface area (Å²) in [6.07, 6.45) is 1.49. The van der Waals surface area contributed by atoms with Crippen molar-refractivity contribution in [2.45, 2.75) is 0 Å². The molecule has 0 radical (unpaired) electrons. The zero-order chi connectivity index (χ0) is 17.8. The number of halogens is 1. The molecule has 0 spiro atoms. The van der Waals surface area contributed by atoms with Gasteiger partial charge in [0.15, 0.2) is 0 Å². The van der Waals surface area contributed by atoms with Gasteiger partial charge >= 0.3 is 0 Å². The standard InChI is InChI=1S/C16H11BrN4O3S/c17-12-3-6-15(22)11(7-12)8-18-20-16-19-14(9-25-16)10-1-4-13(5-2-10)21(23)24/h1-9,22H,(H,19,20)/b18-8+. The molecule has 0 saturated carbocycles. The average molecular weight is 419 g/mol. The quantitative estimate of drug-likeness (QED) is 0.357. The van der Waals surface area contributed by atoms with Crippen molar-refractivity contribution in [2.75, 3.05) is 5.43 Å². The van der Waals surface area contributed by atoms with Crippen molar-refractivity contribution in [3.63, 3.8) is 0 Å². The predicted molar refractivity (Wildman–Crippen MR) is 101 cm³/mol. The number of nitro benzene ring substituents is 1. The van der Waals surface area contributed by atoms with E-state index in [1.54, 1.807) is 30.3 Å². The van der Waals surface area contributed by atoms with Gasteiger partial charge in [-0.1, -0.05) is 15.9 Å². The van der Waals surface area contributed by atoms with E-state index in [2.05, 4.69) is 31.4 Å². The number of hydrogen-bond donors (Lipinski definition) is 2. The van der Waals surface area contributed by atoms with Crippen LogP contribution in [0.4, 0.5) is 10.8 Å². The molecule has 0 aliphatic carbocycles. The average Bonchev–Trinajstić information content (AvgIpc) is 3.07. The molecule has 126 valence electrons. The van der Waals surface area contributed by atoms with E-state index >= 15 is 0 Å². The second-order valence-electron chi connectivity index (χ2n) is 4.92. The topological polar surface area (TPSA) is 101 Å². The third-order valence-electron chi connectivity index (χ3n) is 3.23. The van der Waals surface area contributed by atoms with Crippen molar-refractivity contribution in [1.82, 2.24) is 4.98 Å². The van der Waals surface area contributed by atoms with Gasteiger partial charge in [0, 0.05) is 33.1 Å². The number of hydrogen-bond acceptors (Lipinski definition) is 7. The van der Waals surface area contributed by atoms with Crippen LogP contribution in [0.25, 0.3) is 11.3 Å². The molecule has 0 saturated heterocycles. The molecule has 2 aromatic carbocycles. The highest BCUT2D eigenvalue weighted by Gasteiger charge is 2.08. The number of anilines is 1. The van der Waals surface area contributed by atoms with Gasteiger partial charge in [0.2, 0.25) is 5.13 Å². The van der Waals surface area contributed by atoms with Crippen molar-refractivity contribution in [3.05, 3.63) is 68.0 Å². The van der Waals surface area contributed by atoms with Crippen LogP contribution >= 0.6 is 27.3 Å². The minimum absolute atomic E-state index is 0.0377. The van der Waals surface area contributed by atoms with E-state index < -0.39 is 4.92 Å². The zero-order valence-corrected chi connectivity index (χ0v) is 15.0. The molecule has 0 unspecified atom stereocenters. The van der Waals surface area contributed by atoms with E-state index in [0.29, 0.717) is 16.4 Å². The first kappa shape index (κ1) is 17.1. The molecule has 0 aliphatic rings. The number of aromatic nitrogens is 1. The first-order chi connectivity index (χ1) is 12.0. The first-order valence-electron chi connectivity index (χ1n) is 7.01. The van der Waals surface area contributed by atoms with Gasteiger partial charge in [-0.05, 0) is 30.3 Å². The van der Waals surface area contributed by atoms with Crippen LogP contribution in [0.15, 0.2) is 57.4 Å². The van der Waals surface area contributed by atoms with Crippen LogP contribution in [0.5, 0.6) is 5.75 Å². The van der Waals surface area contributed by atoms with Gasteiger partial charge in [-0.15, -0.1) is 11.3 Å². The minimum Gasteiger partial charge on any atom is -0.507 e.